The van der Waals surface area contributed by atoms with Crippen molar-refractivity contribution >= 4 is 97.7 Å². The Morgan fingerprint density at radius 1 is 0.702 bits per heavy atom. The number of rotatable bonds is 15. The maximum absolute atomic E-state index is 12.7. The number of anilines is 3. The Bertz CT molecular complexity index is 2800. The number of methoxy groups -OCH3 is 1. The van der Waals surface area contributed by atoms with Gasteiger partial charge < -0.3 is 27.3 Å². The zero-order valence-corrected chi connectivity index (χ0v) is 32.3. The number of nitrogens with two attached hydrogens (primary N) is 3. The first-order valence-electron chi connectivity index (χ1n) is 15.2. The van der Waals surface area contributed by atoms with Crippen LogP contribution in [0, 0.1) is 6.92 Å². The molecule has 4 aromatic rings. The van der Waals surface area contributed by atoms with Crippen LogP contribution in [0.1, 0.15) is 5.56 Å². The van der Waals surface area contributed by atoms with E-state index in [0.717, 1.165) is 24.3 Å². The van der Waals surface area contributed by atoms with Crippen molar-refractivity contribution in [2.24, 2.45) is 36.4 Å². The fourth-order valence-electron chi connectivity index (χ4n) is 4.52. The molecule has 0 saturated heterocycles. The van der Waals surface area contributed by atoms with Crippen molar-refractivity contribution in [1.29, 1.82) is 0 Å². The number of carbonyl (C=O) groups is 1. The van der Waals surface area contributed by atoms with Gasteiger partial charge in [0.15, 0.2) is 9.84 Å². The van der Waals surface area contributed by atoms with Gasteiger partial charge in [-0.15, -0.1) is 25.6 Å². The Labute approximate surface area is 323 Å². The topological polar surface area (TPSA) is 397 Å². The molecule has 4 aromatic carbocycles. The largest absolute Gasteiger partial charge is 0.494 e. The molecular weight excluding hydrogens is 841 g/mol. The first kappa shape index (κ1) is 43.7. The highest BCUT2D eigenvalue weighted by molar-refractivity contribution is 7.91. The van der Waals surface area contributed by atoms with E-state index in [1.807, 2.05) is 0 Å². The standard InChI is InChI=1S/C29H30N10O14S4/c1-15-3-6-19(24(11-15)55(43,44)45)36-39-28-26(30)22(14-25(27(28)31)56(46,47)48)38-34-16-4-7-18(20(12-16)33-29(32)40)35-37-21-13-17(5-8-23(21)52-2)54(41,42)10-9-53-57(49,50)51/h3-8,11-14H,9-10,30-31H2,1-2H3,(H3,32,33,40)(H,43,44,45)(H,46,47,48)(H,49,50,51). The van der Waals surface area contributed by atoms with Crippen LogP contribution in [0.15, 0.2) is 106 Å². The summed E-state index contributed by atoms with van der Waals surface area (Å²) in [6.07, 6.45) is 0. The second kappa shape index (κ2) is 17.0. The van der Waals surface area contributed by atoms with Crippen LogP contribution in [0.25, 0.3) is 0 Å². The summed E-state index contributed by atoms with van der Waals surface area (Å²) < 4.78 is 133. The SMILES string of the molecule is COc1ccc(S(=O)(=O)CCOS(=O)(=O)O)cc1N=Nc1ccc(N=Nc2cc(S(=O)(=O)O)c(N)c(N=Nc3ccc(C)cc3S(=O)(=O)O)c2N)cc1NC(N)=O. The Morgan fingerprint density at radius 3 is 1.93 bits per heavy atom. The molecule has 0 atom stereocenters. The van der Waals surface area contributed by atoms with Crippen LogP contribution < -0.4 is 27.3 Å². The van der Waals surface area contributed by atoms with E-state index < -0.39 is 91.4 Å². The van der Waals surface area contributed by atoms with Gasteiger partial charge in [0.25, 0.3) is 20.2 Å². The number of hydrogen-bond acceptors (Lipinski definition) is 19. The van der Waals surface area contributed by atoms with Gasteiger partial charge >= 0.3 is 16.4 Å². The molecule has 2 amide bonds. The Kier molecular flexibility index (Phi) is 13.0. The molecule has 0 fully saturated rings. The van der Waals surface area contributed by atoms with Crippen molar-refractivity contribution in [2.45, 2.75) is 21.6 Å². The molecule has 57 heavy (non-hydrogen) atoms. The van der Waals surface area contributed by atoms with Gasteiger partial charge in [0.05, 0.1) is 47.1 Å². The molecule has 0 unspecified atom stereocenters. The first-order chi connectivity index (χ1) is 26.4. The van der Waals surface area contributed by atoms with Gasteiger partial charge in [0.1, 0.15) is 44.0 Å². The molecule has 0 saturated carbocycles. The quantitative estimate of drug-likeness (QED) is 0.0470. The molecule has 0 aliphatic carbocycles. The third kappa shape index (κ3) is 11.5. The number of urea groups is 1. The molecule has 0 spiro atoms. The highest BCUT2D eigenvalue weighted by atomic mass is 32.3. The normalized spacial score (nSPS) is 12.8. The van der Waals surface area contributed by atoms with E-state index in [4.69, 9.17) is 26.5 Å². The van der Waals surface area contributed by atoms with E-state index in [9.17, 15) is 47.6 Å². The van der Waals surface area contributed by atoms with E-state index in [-0.39, 0.29) is 39.1 Å². The van der Waals surface area contributed by atoms with Gasteiger partial charge in [0, 0.05) is 0 Å². The lowest BCUT2D eigenvalue weighted by atomic mass is 10.2. The van der Waals surface area contributed by atoms with Crippen LogP contribution >= 0.6 is 0 Å². The molecule has 24 nitrogen and oxygen atoms in total. The van der Waals surface area contributed by atoms with Crippen LogP contribution in [-0.4, -0.2) is 72.8 Å². The van der Waals surface area contributed by atoms with Crippen LogP contribution in [0.2, 0.25) is 0 Å². The van der Waals surface area contributed by atoms with Gasteiger partial charge in [-0.25, -0.2) is 17.4 Å². The molecule has 0 aliphatic rings. The average Bonchev–Trinajstić information content (AvgIpc) is 3.09. The summed E-state index contributed by atoms with van der Waals surface area (Å²) in [4.78, 5) is 9.94. The summed E-state index contributed by atoms with van der Waals surface area (Å²) in [5.74, 6) is -0.794. The maximum atomic E-state index is 12.7. The van der Waals surface area contributed by atoms with Gasteiger partial charge in [-0.3, -0.25) is 13.7 Å². The van der Waals surface area contributed by atoms with Crippen molar-refractivity contribution in [3.8, 4) is 5.75 Å². The second-order valence-electron chi connectivity index (χ2n) is 11.2. The number of ether oxygens (including phenoxy) is 1. The number of amides is 2. The number of primary amides is 1. The average molecular weight is 871 g/mol. The summed E-state index contributed by atoms with van der Waals surface area (Å²) in [6.45, 7) is 0.655. The molecule has 304 valence electrons. The molecule has 4 rings (SSSR count). The van der Waals surface area contributed by atoms with Crippen LogP contribution in [0.4, 0.5) is 56.0 Å². The zero-order valence-electron chi connectivity index (χ0n) is 29.1. The number of hydrogen-bond donors (Lipinski definition) is 7. The molecule has 28 heteroatoms. The number of carbonyl (C=O) groups excluding carboxylic acids is 1. The van der Waals surface area contributed by atoms with Gasteiger partial charge in [-0.05, 0) is 67.1 Å². The smallest absolute Gasteiger partial charge is 0.397 e. The number of azo groups is 3. The summed E-state index contributed by atoms with van der Waals surface area (Å²) in [5.41, 5.74) is 14.9. The highest BCUT2D eigenvalue weighted by Gasteiger charge is 2.24. The van der Waals surface area contributed by atoms with Crippen LogP contribution in [0.5, 0.6) is 5.75 Å². The highest BCUT2D eigenvalue weighted by Crippen LogP contribution is 2.44. The molecule has 0 aromatic heterocycles. The number of benzene rings is 4. The Balaban J connectivity index is 1.74. The lowest BCUT2D eigenvalue weighted by molar-refractivity contribution is 0.259. The predicted octanol–water partition coefficient (Wildman–Crippen LogP) is 4.99. The molecular formula is C29H30N10O14S4. The number of nitrogen functional groups attached to an aromatic ring is 2. The summed E-state index contributed by atoms with van der Waals surface area (Å²) in [6, 6.07) is 10.6. The molecule has 10 N–H and O–H groups in total. The minimum absolute atomic E-state index is 0.0451. The summed E-state index contributed by atoms with van der Waals surface area (Å²) >= 11 is 0. The van der Waals surface area contributed by atoms with Gasteiger partial charge in [-0.2, -0.15) is 30.4 Å². The summed E-state index contributed by atoms with van der Waals surface area (Å²) in [7, 11) is -17.7. The van der Waals surface area contributed by atoms with E-state index in [2.05, 4.69) is 40.2 Å². The molecule has 0 bridgehead atoms. The van der Waals surface area contributed by atoms with Crippen molar-refractivity contribution in [2.75, 3.05) is 36.3 Å². The Morgan fingerprint density at radius 2 is 1.32 bits per heavy atom. The second-order valence-corrected chi connectivity index (χ2v) is 17.2. The molecule has 0 radical (unpaired) electrons. The lowest BCUT2D eigenvalue weighted by Gasteiger charge is -2.11. The third-order valence-corrected chi connectivity index (χ3v) is 11.0. The van der Waals surface area contributed by atoms with Crippen LogP contribution in [0.3, 0.4) is 0 Å². The van der Waals surface area contributed by atoms with E-state index in [0.29, 0.717) is 5.56 Å². The van der Waals surface area contributed by atoms with Crippen molar-refractivity contribution in [1.82, 2.24) is 0 Å². The molecule has 0 aliphatic heterocycles. The number of nitrogens with zero attached hydrogens (tertiary/aromatic N) is 6. The minimum atomic E-state index is -5.06. The minimum Gasteiger partial charge on any atom is -0.494 e. The van der Waals surface area contributed by atoms with Crippen molar-refractivity contribution < 1.29 is 61.0 Å². The zero-order chi connectivity index (χ0) is 42.5. The lowest BCUT2D eigenvalue weighted by Crippen LogP contribution is -2.19. The Hall–Kier alpha value is -6.01. The van der Waals surface area contributed by atoms with Gasteiger partial charge in [-0.1, -0.05) is 6.07 Å². The van der Waals surface area contributed by atoms with Crippen LogP contribution in [-0.2, 0) is 44.7 Å². The predicted molar refractivity (Wildman–Crippen MR) is 201 cm³/mol. The fraction of sp³-hybridized carbons (Fsp3) is 0.138. The van der Waals surface area contributed by atoms with Gasteiger partial charge in [0.2, 0.25) is 0 Å². The van der Waals surface area contributed by atoms with E-state index in [1.165, 1.54) is 43.5 Å². The number of sulfone groups is 1. The monoisotopic (exact) mass is 870 g/mol. The van der Waals surface area contributed by atoms with E-state index >= 15 is 0 Å². The van der Waals surface area contributed by atoms with Crippen molar-refractivity contribution in [3.05, 3.63) is 66.2 Å². The fourth-order valence-corrected chi connectivity index (χ4v) is 7.36. The maximum Gasteiger partial charge on any atom is 0.397 e. The molecule has 0 heterocycles. The first-order valence-corrected chi connectivity index (χ1v) is 21.1. The van der Waals surface area contributed by atoms with Crippen molar-refractivity contribution in [3.63, 3.8) is 0 Å². The number of aryl methyl sites for hydroxylation is 1. The third-order valence-electron chi connectivity index (χ3n) is 7.12. The number of nitrogens with one attached hydrogen (secondary N) is 1. The van der Waals surface area contributed by atoms with E-state index in [1.54, 1.807) is 6.92 Å². The summed E-state index contributed by atoms with van der Waals surface area (Å²) in [5, 5.41) is 25.7.